The van der Waals surface area contributed by atoms with E-state index in [0.29, 0.717) is 13.2 Å². The molecule has 0 spiro atoms. The van der Waals surface area contributed by atoms with Gasteiger partial charge in [0.25, 0.3) is 0 Å². The van der Waals surface area contributed by atoms with Crippen molar-refractivity contribution in [3.05, 3.63) is 35.4 Å². The van der Waals surface area contributed by atoms with Crippen LogP contribution in [0.1, 0.15) is 18.1 Å². The number of hydrogen-bond donors (Lipinski definition) is 1. The van der Waals surface area contributed by atoms with E-state index < -0.39 is 5.97 Å². The van der Waals surface area contributed by atoms with Gasteiger partial charge in [-0.25, -0.2) is 4.79 Å². The molecule has 1 aromatic carbocycles. The summed E-state index contributed by atoms with van der Waals surface area (Å²) in [5, 5.41) is 0. The van der Waals surface area contributed by atoms with Gasteiger partial charge in [0, 0.05) is 11.5 Å². The fourth-order valence-corrected chi connectivity index (χ4v) is 1.30. The Hall–Kier alpha value is -1.79. The Labute approximate surface area is 95.6 Å². The van der Waals surface area contributed by atoms with Crippen LogP contribution < -0.4 is 5.73 Å². The Balaban J connectivity index is 2.83. The molecule has 16 heavy (non-hydrogen) atoms. The summed E-state index contributed by atoms with van der Waals surface area (Å²) in [6, 6.07) is 7.65. The number of esters is 1. The summed E-state index contributed by atoms with van der Waals surface area (Å²) in [7, 11) is 0. The van der Waals surface area contributed by atoms with Crippen LogP contribution in [0.15, 0.2) is 24.3 Å². The summed E-state index contributed by atoms with van der Waals surface area (Å²) in [5.41, 5.74) is 7.38. The first-order chi connectivity index (χ1) is 7.77. The average Bonchev–Trinajstić information content (AvgIpc) is 2.29. The van der Waals surface area contributed by atoms with E-state index in [1.165, 1.54) is 0 Å². The van der Waals surface area contributed by atoms with Gasteiger partial charge in [-0.1, -0.05) is 24.1 Å². The van der Waals surface area contributed by atoms with Gasteiger partial charge in [0.2, 0.25) is 0 Å². The molecule has 3 heteroatoms. The van der Waals surface area contributed by atoms with E-state index in [9.17, 15) is 4.79 Å². The van der Waals surface area contributed by atoms with Gasteiger partial charge in [-0.05, 0) is 31.5 Å². The van der Waals surface area contributed by atoms with Crippen LogP contribution in [0.5, 0.6) is 0 Å². The zero-order valence-electron chi connectivity index (χ0n) is 9.32. The van der Waals surface area contributed by atoms with Crippen LogP contribution in [0.25, 0.3) is 0 Å². The fourth-order valence-electron chi connectivity index (χ4n) is 1.30. The maximum atomic E-state index is 11.1. The zero-order valence-corrected chi connectivity index (χ0v) is 9.32. The fraction of sp³-hybridized carbons (Fsp3) is 0.308. The lowest BCUT2D eigenvalue weighted by molar-refractivity contribution is -0.136. The summed E-state index contributed by atoms with van der Waals surface area (Å²) in [5.74, 6) is 4.75. The van der Waals surface area contributed by atoms with Gasteiger partial charge in [-0.3, -0.25) is 0 Å². The van der Waals surface area contributed by atoms with E-state index in [0.717, 1.165) is 17.5 Å². The molecule has 0 aliphatic carbocycles. The standard InChI is InChI=1S/C13H15NO2/c1-2-16-13(15)8-7-11-5-3-4-6-12(11)9-10-14/h3-6H,2,9-10,14H2,1H3. The SMILES string of the molecule is CCOC(=O)C#Cc1ccccc1CCN. The molecule has 0 radical (unpaired) electrons. The molecule has 0 aliphatic rings. The summed E-state index contributed by atoms with van der Waals surface area (Å²) in [6.07, 6.45) is 0.758. The largest absolute Gasteiger partial charge is 0.456 e. The Morgan fingerprint density at radius 3 is 2.88 bits per heavy atom. The van der Waals surface area contributed by atoms with Crippen molar-refractivity contribution in [2.45, 2.75) is 13.3 Å². The van der Waals surface area contributed by atoms with Gasteiger partial charge >= 0.3 is 5.97 Å². The molecular formula is C13H15NO2. The molecule has 3 nitrogen and oxygen atoms in total. The van der Waals surface area contributed by atoms with Crippen LogP contribution in [0, 0.1) is 11.8 Å². The number of hydrogen-bond acceptors (Lipinski definition) is 3. The number of ether oxygens (including phenoxy) is 1. The molecule has 0 aliphatic heterocycles. The van der Waals surface area contributed by atoms with Gasteiger partial charge in [0.05, 0.1) is 6.61 Å². The van der Waals surface area contributed by atoms with Gasteiger partial charge in [0.1, 0.15) is 0 Å². The molecule has 1 aromatic rings. The van der Waals surface area contributed by atoms with Gasteiger partial charge < -0.3 is 10.5 Å². The second-order valence-electron chi connectivity index (χ2n) is 3.17. The Morgan fingerprint density at radius 1 is 1.44 bits per heavy atom. The second kappa shape index (κ2) is 6.65. The van der Waals surface area contributed by atoms with Crippen molar-refractivity contribution in [2.75, 3.05) is 13.2 Å². The molecule has 0 bridgehead atoms. The van der Waals surface area contributed by atoms with Crippen molar-refractivity contribution in [1.29, 1.82) is 0 Å². The van der Waals surface area contributed by atoms with E-state index in [4.69, 9.17) is 10.5 Å². The lowest BCUT2D eigenvalue weighted by Crippen LogP contribution is -2.04. The highest BCUT2D eigenvalue weighted by Crippen LogP contribution is 2.07. The predicted octanol–water partition coefficient (Wildman–Crippen LogP) is 1.10. The zero-order chi connectivity index (χ0) is 11.8. The topological polar surface area (TPSA) is 52.3 Å². The first-order valence-electron chi connectivity index (χ1n) is 5.24. The van der Waals surface area contributed by atoms with Crippen molar-refractivity contribution < 1.29 is 9.53 Å². The van der Waals surface area contributed by atoms with Gasteiger partial charge in [-0.2, -0.15) is 0 Å². The van der Waals surface area contributed by atoms with Crippen LogP contribution >= 0.6 is 0 Å². The van der Waals surface area contributed by atoms with Crippen molar-refractivity contribution in [2.24, 2.45) is 5.73 Å². The lowest BCUT2D eigenvalue weighted by Gasteiger charge is -2.01. The minimum absolute atomic E-state index is 0.345. The highest BCUT2D eigenvalue weighted by Gasteiger charge is 1.98. The lowest BCUT2D eigenvalue weighted by atomic mass is 10.1. The van der Waals surface area contributed by atoms with Gasteiger partial charge in [0.15, 0.2) is 0 Å². The molecule has 0 saturated carbocycles. The van der Waals surface area contributed by atoms with Crippen molar-refractivity contribution in [3.8, 4) is 11.8 Å². The summed E-state index contributed by atoms with van der Waals surface area (Å²) < 4.78 is 4.73. The monoisotopic (exact) mass is 217 g/mol. The second-order valence-corrected chi connectivity index (χ2v) is 3.17. The number of benzene rings is 1. The average molecular weight is 217 g/mol. The highest BCUT2D eigenvalue weighted by atomic mass is 16.5. The third-order valence-electron chi connectivity index (χ3n) is 2.01. The number of rotatable bonds is 3. The first kappa shape index (κ1) is 12.3. The Bertz CT molecular complexity index is 415. The van der Waals surface area contributed by atoms with Crippen LogP contribution in [0.4, 0.5) is 0 Å². The normalized spacial score (nSPS) is 9.12. The molecule has 84 valence electrons. The molecule has 1 rings (SSSR count). The Kier molecular flexibility index (Phi) is 5.10. The van der Waals surface area contributed by atoms with Crippen molar-refractivity contribution >= 4 is 5.97 Å². The van der Waals surface area contributed by atoms with E-state index >= 15 is 0 Å². The minimum Gasteiger partial charge on any atom is -0.456 e. The molecule has 0 heterocycles. The molecule has 0 fully saturated rings. The first-order valence-corrected chi connectivity index (χ1v) is 5.24. The number of carbonyl (C=O) groups is 1. The van der Waals surface area contributed by atoms with E-state index in [1.807, 2.05) is 24.3 Å². The van der Waals surface area contributed by atoms with Crippen molar-refractivity contribution in [3.63, 3.8) is 0 Å². The molecule has 0 atom stereocenters. The molecular weight excluding hydrogens is 202 g/mol. The van der Waals surface area contributed by atoms with E-state index in [1.54, 1.807) is 6.92 Å². The van der Waals surface area contributed by atoms with Crippen LogP contribution in [-0.2, 0) is 16.0 Å². The maximum absolute atomic E-state index is 11.1. The molecule has 0 aromatic heterocycles. The van der Waals surface area contributed by atoms with Crippen LogP contribution in [-0.4, -0.2) is 19.1 Å². The maximum Gasteiger partial charge on any atom is 0.384 e. The minimum atomic E-state index is -0.495. The summed E-state index contributed by atoms with van der Waals surface area (Å²) in [6.45, 7) is 2.66. The predicted molar refractivity (Wildman–Crippen MR) is 62.7 cm³/mol. The Morgan fingerprint density at radius 2 is 2.19 bits per heavy atom. The van der Waals surface area contributed by atoms with Crippen molar-refractivity contribution in [1.82, 2.24) is 0 Å². The molecule has 0 amide bonds. The van der Waals surface area contributed by atoms with Crippen LogP contribution in [0.3, 0.4) is 0 Å². The quantitative estimate of drug-likeness (QED) is 0.609. The third-order valence-corrected chi connectivity index (χ3v) is 2.01. The van der Waals surface area contributed by atoms with Gasteiger partial charge in [-0.15, -0.1) is 0 Å². The molecule has 2 N–H and O–H groups in total. The molecule has 0 saturated heterocycles. The summed E-state index contributed by atoms with van der Waals surface area (Å²) >= 11 is 0. The third kappa shape index (κ3) is 3.76. The van der Waals surface area contributed by atoms with E-state index in [-0.39, 0.29) is 0 Å². The smallest absolute Gasteiger partial charge is 0.384 e. The number of nitrogens with two attached hydrogens (primary N) is 1. The molecule has 0 unspecified atom stereocenters. The number of carbonyl (C=O) groups excluding carboxylic acids is 1. The van der Waals surface area contributed by atoms with Crippen LogP contribution in [0.2, 0.25) is 0 Å². The summed E-state index contributed by atoms with van der Waals surface area (Å²) in [4.78, 5) is 11.1. The highest BCUT2D eigenvalue weighted by molar-refractivity contribution is 5.89. The van der Waals surface area contributed by atoms with E-state index in [2.05, 4.69) is 11.8 Å².